The highest BCUT2D eigenvalue weighted by Crippen LogP contribution is 2.28. The van der Waals surface area contributed by atoms with Crippen molar-refractivity contribution in [3.63, 3.8) is 0 Å². The van der Waals surface area contributed by atoms with Crippen LogP contribution < -0.4 is 16.2 Å². The molecule has 0 radical (unpaired) electrons. The van der Waals surface area contributed by atoms with Crippen molar-refractivity contribution in [2.45, 2.75) is 46.1 Å². The Morgan fingerprint density at radius 1 is 1.31 bits per heavy atom. The monoisotopic (exact) mass is 357 g/mol. The second-order valence-electron chi connectivity index (χ2n) is 7.11. The van der Waals surface area contributed by atoms with Gasteiger partial charge in [-0.3, -0.25) is 9.59 Å². The summed E-state index contributed by atoms with van der Waals surface area (Å²) in [5.41, 5.74) is 2.89. The summed E-state index contributed by atoms with van der Waals surface area (Å²) in [5, 5.41) is 17.2. The summed E-state index contributed by atoms with van der Waals surface area (Å²) in [6.45, 7) is 5.71. The summed E-state index contributed by atoms with van der Waals surface area (Å²) in [6.07, 6.45) is 2.97. The Labute approximate surface area is 153 Å². The Bertz CT molecular complexity index is 868. The van der Waals surface area contributed by atoms with Gasteiger partial charge in [-0.05, 0) is 37.3 Å². The number of benzene rings is 1. The average molecular weight is 357 g/mol. The van der Waals surface area contributed by atoms with Gasteiger partial charge in [0, 0.05) is 30.6 Å². The minimum atomic E-state index is -0.754. The second kappa shape index (κ2) is 7.50. The predicted molar refractivity (Wildman–Crippen MR) is 104 cm³/mol. The zero-order chi connectivity index (χ0) is 18.7. The second-order valence-corrected chi connectivity index (χ2v) is 7.11. The van der Waals surface area contributed by atoms with Crippen LogP contribution in [0.15, 0.2) is 23.0 Å². The molecule has 140 valence electrons. The van der Waals surface area contributed by atoms with E-state index in [4.69, 9.17) is 0 Å². The van der Waals surface area contributed by atoms with Gasteiger partial charge in [-0.25, -0.2) is 0 Å². The maximum absolute atomic E-state index is 12.3. The maximum Gasteiger partial charge on any atom is 0.310 e. The molecule has 0 atom stereocenters. The van der Waals surface area contributed by atoms with E-state index in [1.54, 1.807) is 0 Å². The minimum absolute atomic E-state index is 0.0216. The van der Waals surface area contributed by atoms with E-state index in [2.05, 4.69) is 15.6 Å². The van der Waals surface area contributed by atoms with Crippen LogP contribution >= 0.6 is 0 Å². The molecule has 1 aliphatic heterocycles. The van der Waals surface area contributed by atoms with Gasteiger partial charge in [-0.15, -0.1) is 0 Å². The highest BCUT2D eigenvalue weighted by molar-refractivity contribution is 5.93. The standard InChI is InChI=1S/C20H27N3O3/c1-3-20(4-2,19(25)26)12-21-11-13-7-8-14-16(10-13)23-18(24)15-6-5-9-22-17(14)15/h7-8,10,21-22H,3-6,9,11-12H2,1-2H3,(H,23,24)(H,25,26). The first-order valence-corrected chi connectivity index (χ1v) is 9.36. The van der Waals surface area contributed by atoms with E-state index in [-0.39, 0.29) is 5.56 Å². The third-order valence-electron chi connectivity index (χ3n) is 5.68. The number of aromatic nitrogens is 1. The van der Waals surface area contributed by atoms with Gasteiger partial charge in [-0.2, -0.15) is 0 Å². The molecule has 0 saturated heterocycles. The number of carboxylic acid groups (broad SMARTS) is 1. The molecule has 26 heavy (non-hydrogen) atoms. The van der Waals surface area contributed by atoms with Crippen LogP contribution in [-0.4, -0.2) is 29.1 Å². The topological polar surface area (TPSA) is 94.2 Å². The molecule has 0 aliphatic carbocycles. The summed E-state index contributed by atoms with van der Waals surface area (Å²) in [5.74, 6) is -0.754. The highest BCUT2D eigenvalue weighted by Gasteiger charge is 2.34. The molecule has 0 spiro atoms. The number of aromatic amines is 1. The lowest BCUT2D eigenvalue weighted by molar-refractivity contribution is -0.149. The molecule has 2 heterocycles. The van der Waals surface area contributed by atoms with Gasteiger partial charge >= 0.3 is 5.97 Å². The molecule has 0 saturated carbocycles. The Balaban J connectivity index is 1.80. The Hall–Kier alpha value is -2.34. The predicted octanol–water partition coefficient (Wildman–Crippen LogP) is 2.87. The van der Waals surface area contributed by atoms with Crippen LogP contribution in [0.3, 0.4) is 0 Å². The van der Waals surface area contributed by atoms with Gasteiger partial charge in [0.15, 0.2) is 0 Å². The molecule has 2 aromatic rings. The number of rotatable bonds is 7. The zero-order valence-corrected chi connectivity index (χ0v) is 15.4. The first kappa shape index (κ1) is 18.5. The quantitative estimate of drug-likeness (QED) is 0.611. The summed E-state index contributed by atoms with van der Waals surface area (Å²) in [7, 11) is 0. The number of aliphatic carboxylic acids is 1. The smallest absolute Gasteiger partial charge is 0.310 e. The molecule has 0 amide bonds. The van der Waals surface area contributed by atoms with E-state index in [1.807, 2.05) is 32.0 Å². The normalized spacial score (nSPS) is 14.1. The Morgan fingerprint density at radius 2 is 2.08 bits per heavy atom. The largest absolute Gasteiger partial charge is 0.481 e. The fourth-order valence-electron chi connectivity index (χ4n) is 3.74. The minimum Gasteiger partial charge on any atom is -0.481 e. The lowest BCUT2D eigenvalue weighted by Gasteiger charge is -2.27. The van der Waals surface area contributed by atoms with Gasteiger partial charge in [0.2, 0.25) is 0 Å². The summed E-state index contributed by atoms with van der Waals surface area (Å²) in [4.78, 5) is 26.9. The van der Waals surface area contributed by atoms with Gasteiger partial charge < -0.3 is 20.7 Å². The molecule has 0 unspecified atom stereocenters. The number of pyridine rings is 1. The van der Waals surface area contributed by atoms with Crippen LogP contribution in [0.5, 0.6) is 0 Å². The fraction of sp³-hybridized carbons (Fsp3) is 0.500. The highest BCUT2D eigenvalue weighted by atomic mass is 16.4. The summed E-state index contributed by atoms with van der Waals surface area (Å²) < 4.78 is 0. The van der Waals surface area contributed by atoms with E-state index >= 15 is 0 Å². The number of hydrogen-bond donors (Lipinski definition) is 4. The van der Waals surface area contributed by atoms with Crippen molar-refractivity contribution in [3.05, 3.63) is 39.7 Å². The number of carboxylic acids is 1. The van der Waals surface area contributed by atoms with Crippen molar-refractivity contribution >= 4 is 22.6 Å². The molecule has 3 rings (SSSR count). The van der Waals surface area contributed by atoms with Crippen molar-refractivity contribution in [2.24, 2.45) is 5.41 Å². The van der Waals surface area contributed by atoms with Crippen molar-refractivity contribution in [3.8, 4) is 0 Å². The maximum atomic E-state index is 12.3. The molecule has 1 aromatic heterocycles. The summed E-state index contributed by atoms with van der Waals surface area (Å²) >= 11 is 0. The van der Waals surface area contributed by atoms with Crippen LogP contribution in [0.2, 0.25) is 0 Å². The third kappa shape index (κ3) is 3.33. The Kier molecular flexibility index (Phi) is 5.32. The number of carbonyl (C=O) groups is 1. The van der Waals surface area contributed by atoms with E-state index in [0.717, 1.165) is 47.1 Å². The lowest BCUT2D eigenvalue weighted by atomic mass is 9.82. The van der Waals surface area contributed by atoms with E-state index < -0.39 is 11.4 Å². The number of H-pyrrole nitrogens is 1. The molecular formula is C20H27N3O3. The van der Waals surface area contributed by atoms with Gasteiger partial charge in [0.1, 0.15) is 0 Å². The van der Waals surface area contributed by atoms with Crippen molar-refractivity contribution in [1.29, 1.82) is 0 Å². The molecule has 6 nitrogen and oxygen atoms in total. The van der Waals surface area contributed by atoms with Crippen LogP contribution in [0.1, 0.15) is 44.2 Å². The van der Waals surface area contributed by atoms with Gasteiger partial charge in [-0.1, -0.05) is 26.0 Å². The summed E-state index contributed by atoms with van der Waals surface area (Å²) in [6, 6.07) is 6.04. The van der Waals surface area contributed by atoms with E-state index in [9.17, 15) is 14.7 Å². The molecule has 1 aliphatic rings. The molecular weight excluding hydrogens is 330 g/mol. The van der Waals surface area contributed by atoms with Crippen LogP contribution in [-0.2, 0) is 17.8 Å². The van der Waals surface area contributed by atoms with E-state index in [0.29, 0.717) is 25.9 Å². The molecule has 1 aromatic carbocycles. The number of fused-ring (bicyclic) bond motifs is 3. The van der Waals surface area contributed by atoms with Crippen LogP contribution in [0.4, 0.5) is 5.69 Å². The Morgan fingerprint density at radius 3 is 2.77 bits per heavy atom. The third-order valence-corrected chi connectivity index (χ3v) is 5.68. The van der Waals surface area contributed by atoms with Crippen molar-refractivity contribution in [2.75, 3.05) is 18.4 Å². The van der Waals surface area contributed by atoms with Gasteiger partial charge in [0.25, 0.3) is 5.56 Å². The SMILES string of the molecule is CCC(CC)(CNCc1ccc2c3c(c(=O)[nH]c2c1)CCCN3)C(=O)O. The molecule has 0 fully saturated rings. The first-order valence-electron chi connectivity index (χ1n) is 9.36. The average Bonchev–Trinajstić information content (AvgIpc) is 2.65. The zero-order valence-electron chi connectivity index (χ0n) is 15.4. The van der Waals surface area contributed by atoms with E-state index in [1.165, 1.54) is 0 Å². The molecule has 0 bridgehead atoms. The van der Waals surface area contributed by atoms with Crippen molar-refractivity contribution < 1.29 is 9.90 Å². The number of hydrogen-bond acceptors (Lipinski definition) is 4. The number of nitrogens with one attached hydrogen (secondary N) is 3. The first-order chi connectivity index (χ1) is 12.5. The fourth-order valence-corrected chi connectivity index (χ4v) is 3.74. The lowest BCUT2D eigenvalue weighted by Crippen LogP contribution is -2.40. The molecule has 6 heteroatoms. The van der Waals surface area contributed by atoms with Crippen LogP contribution in [0.25, 0.3) is 10.9 Å². The molecule has 4 N–H and O–H groups in total. The van der Waals surface area contributed by atoms with Crippen LogP contribution in [0, 0.1) is 5.41 Å². The van der Waals surface area contributed by atoms with Crippen molar-refractivity contribution in [1.82, 2.24) is 10.3 Å². The number of anilines is 1. The van der Waals surface area contributed by atoms with Gasteiger partial charge in [0.05, 0.1) is 16.6 Å².